The highest BCUT2D eigenvalue weighted by molar-refractivity contribution is 4.89. The highest BCUT2D eigenvalue weighted by atomic mass is 16.7. The van der Waals surface area contributed by atoms with Gasteiger partial charge in [-0.05, 0) is 19.3 Å². The molecular weight excluding hydrogens is 332 g/mol. The summed E-state index contributed by atoms with van der Waals surface area (Å²) in [5.74, 6) is 0. The van der Waals surface area contributed by atoms with E-state index in [-0.39, 0.29) is 25.4 Å². The van der Waals surface area contributed by atoms with Crippen LogP contribution in [-0.4, -0.2) is 58.1 Å². The molecule has 0 spiro atoms. The zero-order chi connectivity index (χ0) is 19.7. The van der Waals surface area contributed by atoms with Gasteiger partial charge in [0.1, 0.15) is 18.3 Å². The lowest BCUT2D eigenvalue weighted by molar-refractivity contribution is -0.168. The van der Waals surface area contributed by atoms with Gasteiger partial charge in [0.05, 0.1) is 7.98 Å². The van der Waals surface area contributed by atoms with Crippen LogP contribution in [0.1, 0.15) is 79.9 Å². The predicted octanol–water partition coefficient (Wildman–Crippen LogP) is 4.72. The van der Waals surface area contributed by atoms with Crippen molar-refractivity contribution in [3.8, 4) is 0 Å². The highest BCUT2D eigenvalue weighted by Crippen LogP contribution is 2.28. The molecule has 0 radical (unpaired) electrons. The number of hydrogen-bond donors (Lipinski definition) is 0. The molecule has 1 rings (SSSR count). The fourth-order valence-corrected chi connectivity index (χ4v) is 3.13. The van der Waals surface area contributed by atoms with Crippen molar-refractivity contribution < 1.29 is 25.1 Å². The van der Waals surface area contributed by atoms with E-state index in [1.54, 1.807) is 0 Å². The fourth-order valence-electron chi connectivity index (χ4n) is 3.13. The summed E-state index contributed by atoms with van der Waals surface area (Å²) in [6, 6.07) is 0. The van der Waals surface area contributed by atoms with Crippen LogP contribution >= 0.6 is 0 Å². The lowest BCUT2D eigenvalue weighted by Crippen LogP contribution is -2.40. The average molecular weight is 376 g/mol. The van der Waals surface area contributed by atoms with Crippen molar-refractivity contribution in [1.29, 1.82) is 0 Å². The zero-order valence-electron chi connectivity index (χ0n) is 18.3. The van der Waals surface area contributed by atoms with E-state index in [1.165, 1.54) is 12.8 Å². The second-order valence-electron chi connectivity index (χ2n) is 7.08. The van der Waals surface area contributed by atoms with Crippen LogP contribution in [0.4, 0.5) is 0 Å². The van der Waals surface area contributed by atoms with E-state index in [1.807, 2.05) is 0 Å². The van der Waals surface area contributed by atoms with Gasteiger partial charge >= 0.3 is 0 Å². The SMILES string of the molecule is [2H]COC1O[C@H](COCCCCC)[C@@H](OCCCCC)[C@H]1OCCCCC. The maximum atomic E-state index is 7.41. The molecule has 26 heavy (non-hydrogen) atoms. The van der Waals surface area contributed by atoms with E-state index in [0.29, 0.717) is 19.8 Å². The Kier molecular flexibility index (Phi) is 13.4. The molecule has 0 N–H and O–H groups in total. The van der Waals surface area contributed by atoms with E-state index in [4.69, 9.17) is 25.1 Å². The molecule has 0 aromatic rings. The van der Waals surface area contributed by atoms with Crippen LogP contribution in [0.3, 0.4) is 0 Å². The Morgan fingerprint density at radius 1 is 0.769 bits per heavy atom. The summed E-state index contributed by atoms with van der Waals surface area (Å²) >= 11 is 0. The van der Waals surface area contributed by atoms with Crippen molar-refractivity contribution in [1.82, 2.24) is 0 Å². The second-order valence-corrected chi connectivity index (χ2v) is 7.08. The largest absolute Gasteiger partial charge is 0.379 e. The summed E-state index contributed by atoms with van der Waals surface area (Å²) in [5, 5.41) is 0. The van der Waals surface area contributed by atoms with Crippen LogP contribution in [0, 0.1) is 0 Å². The minimum Gasteiger partial charge on any atom is -0.379 e. The first kappa shape index (κ1) is 22.1. The van der Waals surface area contributed by atoms with Gasteiger partial charge in [0.25, 0.3) is 0 Å². The van der Waals surface area contributed by atoms with Gasteiger partial charge in [0, 0.05) is 26.9 Å². The third kappa shape index (κ3) is 9.14. The van der Waals surface area contributed by atoms with E-state index < -0.39 is 6.29 Å². The standard InChI is InChI=1S/C21H42O5/c1-5-8-11-14-23-17-18-19(24-15-12-9-6-2)20(21(22-4)26-18)25-16-13-10-7-3/h18-21H,5-17H2,1-4H3/t18-,19-,20-,21?/m1/s1/i4D. The molecule has 156 valence electrons. The molecule has 1 heterocycles. The number of unbranched alkanes of at least 4 members (excludes halogenated alkanes) is 6. The minimum atomic E-state index is -0.551. The first-order chi connectivity index (χ1) is 13.3. The van der Waals surface area contributed by atoms with Gasteiger partial charge in [0.15, 0.2) is 6.29 Å². The van der Waals surface area contributed by atoms with Crippen LogP contribution < -0.4 is 0 Å². The summed E-state index contributed by atoms with van der Waals surface area (Å²) < 4.78 is 37.0. The van der Waals surface area contributed by atoms with E-state index >= 15 is 0 Å². The molecule has 0 aliphatic carbocycles. The van der Waals surface area contributed by atoms with Crippen LogP contribution in [0.2, 0.25) is 0 Å². The molecule has 5 heteroatoms. The quantitative estimate of drug-likeness (QED) is 0.344. The van der Waals surface area contributed by atoms with Crippen LogP contribution in [-0.2, 0) is 23.7 Å². The Hall–Kier alpha value is -0.200. The Balaban J connectivity index is 2.60. The van der Waals surface area contributed by atoms with E-state index in [9.17, 15) is 0 Å². The topological polar surface area (TPSA) is 46.2 Å². The number of ether oxygens (including phenoxy) is 5. The Labute approximate surface area is 162 Å². The number of hydrogen-bond acceptors (Lipinski definition) is 5. The lowest BCUT2D eigenvalue weighted by atomic mass is 10.1. The molecule has 0 amide bonds. The number of methoxy groups -OCH3 is 1. The van der Waals surface area contributed by atoms with E-state index in [2.05, 4.69) is 20.8 Å². The van der Waals surface area contributed by atoms with Crippen molar-refractivity contribution >= 4 is 0 Å². The van der Waals surface area contributed by atoms with Gasteiger partial charge in [-0.1, -0.05) is 59.3 Å². The molecule has 0 aromatic heterocycles. The predicted molar refractivity (Wildman–Crippen MR) is 105 cm³/mol. The van der Waals surface area contributed by atoms with Crippen molar-refractivity contribution in [2.24, 2.45) is 0 Å². The number of rotatable bonds is 17. The Morgan fingerprint density at radius 2 is 1.35 bits per heavy atom. The molecule has 1 aliphatic rings. The van der Waals surface area contributed by atoms with Gasteiger partial charge < -0.3 is 23.7 Å². The Bertz CT molecular complexity index is 332. The molecular formula is C21H42O5. The fraction of sp³-hybridized carbons (Fsp3) is 1.00. The van der Waals surface area contributed by atoms with Crippen molar-refractivity contribution in [3.05, 3.63) is 0 Å². The van der Waals surface area contributed by atoms with Gasteiger partial charge in [-0.3, -0.25) is 0 Å². The maximum absolute atomic E-state index is 7.41. The first-order valence-electron chi connectivity index (χ1n) is 11.4. The monoisotopic (exact) mass is 375 g/mol. The summed E-state index contributed by atoms with van der Waals surface area (Å²) in [7, 11) is -0.147. The third-order valence-electron chi connectivity index (χ3n) is 4.72. The molecule has 0 saturated carbocycles. The summed E-state index contributed by atoms with van der Waals surface area (Å²) in [6.45, 7) is 9.12. The van der Waals surface area contributed by atoms with E-state index in [0.717, 1.165) is 51.6 Å². The molecule has 0 bridgehead atoms. The Morgan fingerprint density at radius 3 is 1.92 bits per heavy atom. The molecule has 4 atom stereocenters. The minimum absolute atomic E-state index is 0.147. The molecule has 0 aromatic carbocycles. The van der Waals surface area contributed by atoms with Gasteiger partial charge in [-0.2, -0.15) is 0 Å². The smallest absolute Gasteiger partial charge is 0.186 e. The summed E-state index contributed by atoms with van der Waals surface area (Å²) in [6.07, 6.45) is 8.83. The first-order valence-corrected chi connectivity index (χ1v) is 10.7. The molecule has 1 saturated heterocycles. The van der Waals surface area contributed by atoms with Crippen LogP contribution in [0.15, 0.2) is 0 Å². The summed E-state index contributed by atoms with van der Waals surface area (Å²) in [4.78, 5) is 0. The highest BCUT2D eigenvalue weighted by Gasteiger charge is 2.46. The molecule has 1 aliphatic heterocycles. The molecule has 1 unspecified atom stereocenters. The van der Waals surface area contributed by atoms with Gasteiger partial charge in [-0.25, -0.2) is 0 Å². The third-order valence-corrected chi connectivity index (χ3v) is 4.72. The lowest BCUT2D eigenvalue weighted by Gasteiger charge is -2.24. The average Bonchev–Trinajstić information content (AvgIpc) is 2.99. The maximum Gasteiger partial charge on any atom is 0.186 e. The van der Waals surface area contributed by atoms with Crippen molar-refractivity contribution in [2.45, 2.75) is 103 Å². The molecule has 5 nitrogen and oxygen atoms in total. The summed E-state index contributed by atoms with van der Waals surface area (Å²) in [5.41, 5.74) is 0. The van der Waals surface area contributed by atoms with Crippen molar-refractivity contribution in [2.75, 3.05) is 33.5 Å². The van der Waals surface area contributed by atoms with Crippen LogP contribution in [0.25, 0.3) is 0 Å². The van der Waals surface area contributed by atoms with Gasteiger partial charge in [0.2, 0.25) is 0 Å². The van der Waals surface area contributed by atoms with Crippen molar-refractivity contribution in [3.63, 3.8) is 0 Å². The zero-order valence-corrected chi connectivity index (χ0v) is 17.3. The van der Waals surface area contributed by atoms with Crippen LogP contribution in [0.5, 0.6) is 0 Å². The van der Waals surface area contributed by atoms with Gasteiger partial charge in [-0.15, -0.1) is 0 Å². The normalized spacial score (nSPS) is 26.3. The second kappa shape index (κ2) is 15.8. The molecule has 1 fully saturated rings.